The second-order valence-corrected chi connectivity index (χ2v) is 5.25. The van der Waals surface area contributed by atoms with Gasteiger partial charge in [-0.05, 0) is 37.7 Å². The molecule has 0 bridgehead atoms. The Bertz CT molecular complexity index is 463. The quantitative estimate of drug-likeness (QED) is 0.782. The van der Waals surface area contributed by atoms with Gasteiger partial charge in [0.1, 0.15) is 5.76 Å². The number of rotatable bonds is 3. The third-order valence-corrected chi connectivity index (χ3v) is 3.63. The molecule has 0 amide bonds. The van der Waals surface area contributed by atoms with Gasteiger partial charge in [0.2, 0.25) is 0 Å². The molecule has 0 radical (unpaired) electrons. The lowest BCUT2D eigenvalue weighted by atomic mass is 9.93. The van der Waals surface area contributed by atoms with E-state index in [9.17, 15) is 4.79 Å². The summed E-state index contributed by atoms with van der Waals surface area (Å²) in [6, 6.07) is 2.02. The zero-order valence-electron chi connectivity index (χ0n) is 11.0. The van der Waals surface area contributed by atoms with Crippen LogP contribution in [0, 0.1) is 5.92 Å². The van der Waals surface area contributed by atoms with E-state index in [4.69, 9.17) is 4.42 Å². The number of allylic oxidation sites excluding steroid dienone is 2. The second kappa shape index (κ2) is 4.52. The Balaban J connectivity index is 2.53. The number of carbonyl (C=O) groups excluding carboxylic acids is 1. The van der Waals surface area contributed by atoms with Gasteiger partial charge in [0.25, 0.3) is 0 Å². The predicted octanol–water partition coefficient (Wildman–Crippen LogP) is 4.18. The molecular weight excluding hydrogens is 212 g/mol. The summed E-state index contributed by atoms with van der Waals surface area (Å²) < 4.78 is 5.65. The SMILES string of the molecule is CC(=O)C1=C(c2occc2C(C)C)C(C)CC1. The van der Waals surface area contributed by atoms with E-state index in [1.54, 1.807) is 13.2 Å². The van der Waals surface area contributed by atoms with Gasteiger partial charge in [0.15, 0.2) is 5.78 Å². The summed E-state index contributed by atoms with van der Waals surface area (Å²) in [5, 5.41) is 0. The van der Waals surface area contributed by atoms with Gasteiger partial charge >= 0.3 is 0 Å². The zero-order valence-corrected chi connectivity index (χ0v) is 11.0. The minimum Gasteiger partial charge on any atom is -0.464 e. The first-order valence-corrected chi connectivity index (χ1v) is 6.34. The highest BCUT2D eigenvalue weighted by molar-refractivity contribution is 6.02. The molecule has 0 spiro atoms. The van der Waals surface area contributed by atoms with Crippen LogP contribution in [0.15, 0.2) is 22.3 Å². The van der Waals surface area contributed by atoms with Crippen LogP contribution in [0.5, 0.6) is 0 Å². The fraction of sp³-hybridized carbons (Fsp3) is 0.533. The topological polar surface area (TPSA) is 30.2 Å². The van der Waals surface area contributed by atoms with Gasteiger partial charge in [-0.15, -0.1) is 0 Å². The molecule has 0 fully saturated rings. The van der Waals surface area contributed by atoms with Crippen molar-refractivity contribution in [1.82, 2.24) is 0 Å². The van der Waals surface area contributed by atoms with E-state index < -0.39 is 0 Å². The van der Waals surface area contributed by atoms with Crippen LogP contribution in [0.2, 0.25) is 0 Å². The molecule has 1 heterocycles. The summed E-state index contributed by atoms with van der Waals surface area (Å²) in [7, 11) is 0. The summed E-state index contributed by atoms with van der Waals surface area (Å²) in [6.45, 7) is 8.15. The third kappa shape index (κ3) is 2.08. The maximum absolute atomic E-state index is 11.7. The molecular formula is C15H20O2. The number of carbonyl (C=O) groups is 1. The van der Waals surface area contributed by atoms with E-state index >= 15 is 0 Å². The lowest BCUT2D eigenvalue weighted by Crippen LogP contribution is -2.01. The molecule has 1 aliphatic carbocycles. The molecule has 0 aromatic carbocycles. The van der Waals surface area contributed by atoms with Gasteiger partial charge in [0, 0.05) is 16.7 Å². The Labute approximate surface area is 103 Å². The van der Waals surface area contributed by atoms with Crippen LogP contribution in [-0.4, -0.2) is 5.78 Å². The molecule has 1 aromatic heterocycles. The maximum atomic E-state index is 11.7. The number of furan rings is 1. The lowest BCUT2D eigenvalue weighted by Gasteiger charge is -2.12. The van der Waals surface area contributed by atoms with Crippen molar-refractivity contribution in [3.05, 3.63) is 29.2 Å². The van der Waals surface area contributed by atoms with Gasteiger partial charge in [-0.25, -0.2) is 0 Å². The Hall–Kier alpha value is -1.31. The van der Waals surface area contributed by atoms with Crippen molar-refractivity contribution < 1.29 is 9.21 Å². The minimum atomic E-state index is 0.190. The van der Waals surface area contributed by atoms with Crippen molar-refractivity contribution in [3.63, 3.8) is 0 Å². The fourth-order valence-corrected chi connectivity index (χ4v) is 2.66. The van der Waals surface area contributed by atoms with Crippen LogP contribution in [0.25, 0.3) is 5.57 Å². The van der Waals surface area contributed by atoms with Crippen molar-refractivity contribution in [2.45, 2.75) is 46.5 Å². The van der Waals surface area contributed by atoms with E-state index in [0.29, 0.717) is 11.8 Å². The van der Waals surface area contributed by atoms with Crippen molar-refractivity contribution in [1.29, 1.82) is 0 Å². The third-order valence-electron chi connectivity index (χ3n) is 3.63. The lowest BCUT2D eigenvalue weighted by molar-refractivity contribution is -0.113. The average molecular weight is 232 g/mol. The second-order valence-electron chi connectivity index (χ2n) is 5.25. The monoisotopic (exact) mass is 232 g/mol. The molecule has 0 saturated heterocycles. The molecule has 0 N–H and O–H groups in total. The van der Waals surface area contributed by atoms with Crippen LogP contribution < -0.4 is 0 Å². The molecule has 1 aromatic rings. The van der Waals surface area contributed by atoms with E-state index in [0.717, 1.165) is 29.7 Å². The van der Waals surface area contributed by atoms with Crippen molar-refractivity contribution in [2.24, 2.45) is 5.92 Å². The molecule has 2 heteroatoms. The summed E-state index contributed by atoms with van der Waals surface area (Å²) in [6.07, 6.45) is 3.69. The minimum absolute atomic E-state index is 0.190. The first kappa shape index (κ1) is 12.2. The van der Waals surface area contributed by atoms with Crippen molar-refractivity contribution in [3.8, 4) is 0 Å². The van der Waals surface area contributed by atoms with Gasteiger partial charge in [-0.1, -0.05) is 20.8 Å². The smallest absolute Gasteiger partial charge is 0.156 e. The van der Waals surface area contributed by atoms with Crippen molar-refractivity contribution >= 4 is 11.4 Å². The highest BCUT2D eigenvalue weighted by Crippen LogP contribution is 2.41. The Kier molecular flexibility index (Phi) is 3.23. The standard InChI is InChI=1S/C15H20O2/c1-9(2)12-7-8-17-15(12)14-10(3)5-6-13(14)11(4)16/h7-10H,5-6H2,1-4H3. The summed E-state index contributed by atoms with van der Waals surface area (Å²) >= 11 is 0. The summed E-state index contributed by atoms with van der Waals surface area (Å²) in [5.41, 5.74) is 3.33. The van der Waals surface area contributed by atoms with Crippen LogP contribution in [0.4, 0.5) is 0 Å². The Morgan fingerprint density at radius 3 is 2.76 bits per heavy atom. The number of ketones is 1. The number of Topliss-reactive ketones (excluding diaryl/α,β-unsaturated/α-hetero) is 1. The first-order valence-electron chi connectivity index (χ1n) is 6.34. The van der Waals surface area contributed by atoms with Gasteiger partial charge in [-0.2, -0.15) is 0 Å². The first-order chi connectivity index (χ1) is 8.02. The molecule has 1 atom stereocenters. The van der Waals surface area contributed by atoms with Crippen LogP contribution >= 0.6 is 0 Å². The molecule has 1 unspecified atom stereocenters. The highest BCUT2D eigenvalue weighted by Gasteiger charge is 2.29. The summed E-state index contributed by atoms with van der Waals surface area (Å²) in [4.78, 5) is 11.7. The number of hydrogen-bond donors (Lipinski definition) is 0. The van der Waals surface area contributed by atoms with Crippen LogP contribution in [-0.2, 0) is 4.79 Å². The van der Waals surface area contributed by atoms with Gasteiger partial charge in [0.05, 0.1) is 6.26 Å². The van der Waals surface area contributed by atoms with Gasteiger partial charge in [-0.3, -0.25) is 4.79 Å². The Morgan fingerprint density at radius 2 is 2.18 bits per heavy atom. The molecule has 0 saturated carbocycles. The Morgan fingerprint density at radius 1 is 1.47 bits per heavy atom. The highest BCUT2D eigenvalue weighted by atomic mass is 16.3. The van der Waals surface area contributed by atoms with Crippen molar-refractivity contribution in [2.75, 3.05) is 0 Å². The predicted molar refractivity (Wildman–Crippen MR) is 68.8 cm³/mol. The molecule has 17 heavy (non-hydrogen) atoms. The largest absolute Gasteiger partial charge is 0.464 e. The van der Waals surface area contributed by atoms with Crippen LogP contribution in [0.1, 0.15) is 57.8 Å². The maximum Gasteiger partial charge on any atom is 0.156 e. The number of hydrogen-bond acceptors (Lipinski definition) is 2. The normalized spacial score (nSPS) is 20.4. The zero-order chi connectivity index (χ0) is 12.6. The summed E-state index contributed by atoms with van der Waals surface area (Å²) in [5.74, 6) is 1.99. The molecule has 92 valence electrons. The van der Waals surface area contributed by atoms with E-state index in [1.807, 2.05) is 6.07 Å². The molecule has 0 aliphatic heterocycles. The van der Waals surface area contributed by atoms with Gasteiger partial charge < -0.3 is 4.42 Å². The molecule has 2 rings (SSSR count). The fourth-order valence-electron chi connectivity index (χ4n) is 2.66. The van der Waals surface area contributed by atoms with E-state index in [2.05, 4.69) is 20.8 Å². The van der Waals surface area contributed by atoms with E-state index in [1.165, 1.54) is 5.56 Å². The van der Waals surface area contributed by atoms with E-state index in [-0.39, 0.29) is 5.78 Å². The molecule has 1 aliphatic rings. The molecule has 2 nitrogen and oxygen atoms in total. The van der Waals surface area contributed by atoms with Crippen LogP contribution in [0.3, 0.4) is 0 Å². The average Bonchev–Trinajstić information content (AvgIpc) is 2.82.